The maximum atomic E-state index is 12.9. The van der Waals surface area contributed by atoms with Crippen LogP contribution in [-0.2, 0) is 10.8 Å². The molecule has 0 amide bonds. The number of imidazole rings is 1. The number of H-pyrrole nitrogens is 1. The lowest BCUT2D eigenvalue weighted by molar-refractivity contribution is 0.629. The Morgan fingerprint density at radius 3 is 3.12 bits per heavy atom. The number of aromatic nitrogens is 2. The Kier molecular flexibility index (Phi) is 3.73. The summed E-state index contributed by atoms with van der Waals surface area (Å²) in [6.45, 7) is 0.696. The number of nitrogens with zero attached hydrogens (tertiary/aromatic N) is 1. The fraction of sp³-hybridized carbons (Fsp3) is 0.364. The molecule has 0 radical (unpaired) electrons. The van der Waals surface area contributed by atoms with Crippen molar-refractivity contribution in [1.29, 1.82) is 0 Å². The molecule has 0 saturated heterocycles. The molecule has 4 nitrogen and oxygen atoms in total. The average molecular weight is 255 g/mol. The van der Waals surface area contributed by atoms with Crippen molar-refractivity contribution in [3.63, 3.8) is 0 Å². The molecule has 1 heterocycles. The first-order valence-electron chi connectivity index (χ1n) is 5.34. The molecule has 6 heteroatoms. The number of anilines is 1. The molecule has 1 aromatic carbocycles. The van der Waals surface area contributed by atoms with Gasteiger partial charge in [-0.15, -0.1) is 0 Å². The van der Waals surface area contributed by atoms with Crippen LogP contribution in [0.2, 0.25) is 0 Å². The van der Waals surface area contributed by atoms with Crippen molar-refractivity contribution in [2.24, 2.45) is 0 Å². The highest BCUT2D eigenvalue weighted by Gasteiger charge is 2.02. The lowest BCUT2D eigenvalue weighted by Gasteiger charge is -2.00. The van der Waals surface area contributed by atoms with Crippen LogP contribution in [0.5, 0.6) is 0 Å². The third-order valence-corrected chi connectivity index (χ3v) is 3.21. The summed E-state index contributed by atoms with van der Waals surface area (Å²) in [5.74, 6) is 1.00. The number of fused-ring (bicyclic) bond motifs is 1. The minimum absolute atomic E-state index is 0.283. The Bertz CT molecular complexity index is 540. The van der Waals surface area contributed by atoms with Gasteiger partial charge < -0.3 is 10.3 Å². The molecule has 2 aromatic rings. The van der Waals surface area contributed by atoms with E-state index < -0.39 is 10.8 Å². The largest absolute Gasteiger partial charge is 0.356 e. The first-order chi connectivity index (χ1) is 8.15. The number of rotatable bonds is 5. The van der Waals surface area contributed by atoms with Crippen molar-refractivity contribution in [1.82, 2.24) is 9.97 Å². The summed E-state index contributed by atoms with van der Waals surface area (Å²) in [4.78, 5) is 7.25. The SMILES string of the molecule is CS(=O)CCCNc1nc2ccc(F)cc2[nH]1. The topological polar surface area (TPSA) is 57.8 Å². The van der Waals surface area contributed by atoms with Crippen LogP contribution in [0.25, 0.3) is 11.0 Å². The minimum Gasteiger partial charge on any atom is -0.356 e. The van der Waals surface area contributed by atoms with Gasteiger partial charge in [-0.05, 0) is 24.6 Å². The van der Waals surface area contributed by atoms with Gasteiger partial charge in [0.15, 0.2) is 0 Å². The number of hydrogen-bond acceptors (Lipinski definition) is 3. The van der Waals surface area contributed by atoms with Gasteiger partial charge in [0.2, 0.25) is 5.95 Å². The number of benzene rings is 1. The van der Waals surface area contributed by atoms with Crippen LogP contribution >= 0.6 is 0 Å². The van der Waals surface area contributed by atoms with E-state index in [-0.39, 0.29) is 5.82 Å². The van der Waals surface area contributed by atoms with Gasteiger partial charge in [0.25, 0.3) is 0 Å². The van der Waals surface area contributed by atoms with E-state index in [0.29, 0.717) is 23.8 Å². The van der Waals surface area contributed by atoms with Crippen LogP contribution in [0.4, 0.5) is 10.3 Å². The maximum absolute atomic E-state index is 12.9. The summed E-state index contributed by atoms with van der Waals surface area (Å²) in [5, 5.41) is 3.09. The third kappa shape index (κ3) is 3.26. The highest BCUT2D eigenvalue weighted by atomic mass is 32.2. The minimum atomic E-state index is -0.761. The quantitative estimate of drug-likeness (QED) is 0.802. The first-order valence-corrected chi connectivity index (χ1v) is 7.07. The highest BCUT2D eigenvalue weighted by molar-refractivity contribution is 7.84. The van der Waals surface area contributed by atoms with Crippen LogP contribution < -0.4 is 5.32 Å². The van der Waals surface area contributed by atoms with Crippen LogP contribution in [0.1, 0.15) is 6.42 Å². The lowest BCUT2D eigenvalue weighted by atomic mass is 10.3. The Hall–Kier alpha value is -1.43. The van der Waals surface area contributed by atoms with Crippen LogP contribution in [-0.4, -0.2) is 32.7 Å². The summed E-state index contributed by atoms with van der Waals surface area (Å²) in [6, 6.07) is 4.43. The van der Waals surface area contributed by atoms with Gasteiger partial charge in [0.05, 0.1) is 11.0 Å². The van der Waals surface area contributed by atoms with Crippen LogP contribution in [0, 0.1) is 5.82 Å². The van der Waals surface area contributed by atoms with Gasteiger partial charge in [0, 0.05) is 29.4 Å². The Balaban J connectivity index is 1.97. The highest BCUT2D eigenvalue weighted by Crippen LogP contribution is 2.15. The monoisotopic (exact) mass is 255 g/mol. The van der Waals surface area contributed by atoms with Crippen molar-refractivity contribution in [3.8, 4) is 0 Å². The fourth-order valence-corrected chi connectivity index (χ4v) is 2.10. The number of hydrogen-bond donors (Lipinski definition) is 2. The zero-order chi connectivity index (χ0) is 12.3. The molecule has 1 aromatic heterocycles. The number of nitrogens with one attached hydrogen (secondary N) is 2. The second-order valence-corrected chi connectivity index (χ2v) is 5.36. The van der Waals surface area contributed by atoms with E-state index in [1.807, 2.05) is 0 Å². The van der Waals surface area contributed by atoms with Gasteiger partial charge >= 0.3 is 0 Å². The zero-order valence-corrected chi connectivity index (χ0v) is 10.3. The van der Waals surface area contributed by atoms with E-state index in [4.69, 9.17) is 0 Å². The Morgan fingerprint density at radius 2 is 2.35 bits per heavy atom. The summed E-state index contributed by atoms with van der Waals surface area (Å²) < 4.78 is 23.8. The molecule has 1 unspecified atom stereocenters. The molecule has 2 rings (SSSR count). The molecule has 1 atom stereocenters. The molecular weight excluding hydrogens is 241 g/mol. The van der Waals surface area contributed by atoms with Gasteiger partial charge in [0.1, 0.15) is 5.82 Å². The summed E-state index contributed by atoms with van der Waals surface area (Å²) in [7, 11) is -0.761. The third-order valence-electron chi connectivity index (χ3n) is 2.34. The standard InChI is InChI=1S/C11H14FN3OS/c1-17(16)6-2-5-13-11-14-9-4-3-8(12)7-10(9)15-11/h3-4,7H,2,5-6H2,1H3,(H2,13,14,15). The molecule has 0 bridgehead atoms. The van der Waals surface area contributed by atoms with Gasteiger partial charge in [-0.3, -0.25) is 4.21 Å². The van der Waals surface area contributed by atoms with Crippen molar-refractivity contribution in [2.45, 2.75) is 6.42 Å². The molecule has 17 heavy (non-hydrogen) atoms. The second kappa shape index (κ2) is 5.27. The lowest BCUT2D eigenvalue weighted by Crippen LogP contribution is -2.06. The predicted octanol–water partition coefficient (Wildman–Crippen LogP) is 1.88. The smallest absolute Gasteiger partial charge is 0.201 e. The van der Waals surface area contributed by atoms with E-state index in [2.05, 4.69) is 15.3 Å². The molecule has 0 spiro atoms. The average Bonchev–Trinajstić information content (AvgIpc) is 2.66. The molecular formula is C11H14FN3OS. The molecule has 0 aliphatic heterocycles. The van der Waals surface area contributed by atoms with Crippen molar-refractivity contribution >= 4 is 27.8 Å². The Labute approximate surface area is 101 Å². The summed E-state index contributed by atoms with van der Waals surface area (Å²) in [5.41, 5.74) is 1.40. The van der Waals surface area contributed by atoms with Gasteiger partial charge in [-0.1, -0.05) is 0 Å². The van der Waals surface area contributed by atoms with Crippen molar-refractivity contribution < 1.29 is 8.60 Å². The second-order valence-electron chi connectivity index (χ2n) is 3.80. The van der Waals surface area contributed by atoms with Crippen LogP contribution in [0.3, 0.4) is 0 Å². The number of halogens is 1. The first kappa shape index (κ1) is 12.0. The molecule has 0 fully saturated rings. The van der Waals surface area contributed by atoms with E-state index in [1.165, 1.54) is 12.1 Å². The van der Waals surface area contributed by atoms with Gasteiger partial charge in [-0.2, -0.15) is 0 Å². The molecule has 0 aliphatic carbocycles. The summed E-state index contributed by atoms with van der Waals surface area (Å²) >= 11 is 0. The molecule has 2 N–H and O–H groups in total. The normalized spacial score (nSPS) is 12.8. The van der Waals surface area contributed by atoms with Crippen molar-refractivity contribution in [3.05, 3.63) is 24.0 Å². The van der Waals surface area contributed by atoms with E-state index in [1.54, 1.807) is 12.3 Å². The summed E-state index contributed by atoms with van der Waals surface area (Å²) in [6.07, 6.45) is 2.50. The zero-order valence-electron chi connectivity index (χ0n) is 9.50. The predicted molar refractivity (Wildman–Crippen MR) is 68.1 cm³/mol. The van der Waals surface area contributed by atoms with E-state index in [9.17, 15) is 8.60 Å². The Morgan fingerprint density at radius 1 is 1.53 bits per heavy atom. The van der Waals surface area contributed by atoms with Crippen LogP contribution in [0.15, 0.2) is 18.2 Å². The molecule has 92 valence electrons. The van der Waals surface area contributed by atoms with E-state index >= 15 is 0 Å². The van der Waals surface area contributed by atoms with Crippen molar-refractivity contribution in [2.75, 3.05) is 23.9 Å². The maximum Gasteiger partial charge on any atom is 0.201 e. The number of aromatic amines is 1. The molecule has 0 saturated carbocycles. The van der Waals surface area contributed by atoms with E-state index in [0.717, 1.165) is 11.9 Å². The molecule has 0 aliphatic rings. The van der Waals surface area contributed by atoms with Gasteiger partial charge in [-0.25, -0.2) is 9.37 Å². The fourth-order valence-electron chi connectivity index (χ4n) is 1.55.